The lowest BCUT2D eigenvalue weighted by Gasteiger charge is -2.55. The van der Waals surface area contributed by atoms with Crippen molar-refractivity contribution in [3.8, 4) is 0 Å². The number of ketones is 1. The summed E-state index contributed by atoms with van der Waals surface area (Å²) in [5.74, 6) is -6.34. The van der Waals surface area contributed by atoms with Crippen molar-refractivity contribution in [2.45, 2.75) is 199 Å². The molecule has 0 bridgehead atoms. The molecule has 13 heteroatoms. The number of hydrogen-bond acceptors (Lipinski definition) is 10. The Hall–Kier alpha value is -2.23. The van der Waals surface area contributed by atoms with Crippen molar-refractivity contribution in [2.75, 3.05) is 0 Å². The lowest BCUT2D eigenvalue weighted by Crippen LogP contribution is -2.65. The van der Waals surface area contributed by atoms with Gasteiger partial charge in [0.2, 0.25) is 0 Å². The van der Waals surface area contributed by atoms with Crippen molar-refractivity contribution in [2.24, 2.45) is 41.4 Å². The molecule has 0 aromatic heterocycles. The number of halogens is 1. The first-order valence-electron chi connectivity index (χ1n) is 23.5. The van der Waals surface area contributed by atoms with E-state index >= 15 is 0 Å². The maximum Gasteiger partial charge on any atom is 0.309 e. The Morgan fingerprint density at radius 3 is 2.18 bits per heavy atom. The third-order valence-corrected chi connectivity index (χ3v) is 16.4. The smallest absolute Gasteiger partial charge is 0.309 e. The van der Waals surface area contributed by atoms with E-state index in [1.165, 1.54) is 0 Å². The predicted molar refractivity (Wildman–Crippen MR) is 238 cm³/mol. The third kappa shape index (κ3) is 9.53. The van der Waals surface area contributed by atoms with Crippen LogP contribution in [-0.4, -0.2) is 98.4 Å². The monoisotopic (exact) mass is 931 g/mol. The second-order valence-corrected chi connectivity index (χ2v) is 20.8. The molecule has 1 amide bonds. The molecule has 4 saturated heterocycles. The molecule has 0 radical (unpaired) electrons. The van der Waals surface area contributed by atoms with Crippen LogP contribution in [0.25, 0.3) is 0 Å². The van der Waals surface area contributed by atoms with Crippen LogP contribution in [0.4, 0.5) is 0 Å². The average Bonchev–Trinajstić information content (AvgIpc) is 3.58. The molecule has 5 heterocycles. The number of nitrogens with one attached hydrogen (secondary N) is 1. The number of carboxylic acids is 1. The first-order chi connectivity index (χ1) is 29.2. The Bertz CT molecular complexity index is 1780. The van der Waals surface area contributed by atoms with Gasteiger partial charge in [0.25, 0.3) is 5.91 Å². The van der Waals surface area contributed by atoms with Crippen LogP contribution >= 0.6 is 15.9 Å². The number of aliphatic hydroxyl groups excluding tert-OH is 1. The summed E-state index contributed by atoms with van der Waals surface area (Å²) in [5, 5.41) is 36.2. The molecule has 1 aromatic carbocycles. The molecule has 62 heavy (non-hydrogen) atoms. The van der Waals surface area contributed by atoms with Gasteiger partial charge in [-0.15, -0.1) is 0 Å². The second kappa shape index (κ2) is 19.3. The highest BCUT2D eigenvalue weighted by molar-refractivity contribution is 9.10. The van der Waals surface area contributed by atoms with E-state index in [0.717, 1.165) is 10.9 Å². The minimum Gasteiger partial charge on any atom is -0.481 e. The van der Waals surface area contributed by atoms with E-state index in [9.17, 15) is 29.7 Å². The van der Waals surface area contributed by atoms with Gasteiger partial charge in [0.1, 0.15) is 11.8 Å². The Labute approximate surface area is 377 Å². The first kappa shape index (κ1) is 49.2. The molecule has 4 N–H and O–H groups in total. The Balaban J connectivity index is 1.25. The SMILES string of the molecule is CC[C@@H](C(=O)[C@@H](C)[C@@H](O)[C@H](C)[C@@H]1O[C@@H]([C@@H](CC)C(=O)O)CC[C@@H]1C)[C@H]1O[C@]2(C=C[C@H](NC(=O)c3ccc(Br)cc3)[C@]3(CC[C@@](C)([C@H]4CC[C@](O)(CC)[C@H](C)O4)O3)O2)[C@H](C)C[C@@H]1C. The number of aliphatic carboxylic acids is 1. The number of ether oxygens (including phenoxy) is 5. The van der Waals surface area contributed by atoms with Gasteiger partial charge < -0.3 is 44.3 Å². The Morgan fingerprint density at radius 1 is 0.887 bits per heavy atom. The van der Waals surface area contributed by atoms with E-state index in [1.807, 2.05) is 65.8 Å². The normalized spacial score (nSPS) is 41.0. The van der Waals surface area contributed by atoms with Crippen LogP contribution in [0.3, 0.4) is 0 Å². The van der Waals surface area contributed by atoms with Crippen LogP contribution in [0.5, 0.6) is 0 Å². The van der Waals surface area contributed by atoms with Crippen molar-refractivity contribution < 1.29 is 53.4 Å². The van der Waals surface area contributed by atoms with E-state index in [1.54, 1.807) is 19.1 Å². The Morgan fingerprint density at radius 2 is 1.56 bits per heavy atom. The quantitative estimate of drug-likeness (QED) is 0.132. The van der Waals surface area contributed by atoms with Crippen molar-refractivity contribution in [3.63, 3.8) is 0 Å². The predicted octanol–water partition coefficient (Wildman–Crippen LogP) is 8.39. The van der Waals surface area contributed by atoms with Gasteiger partial charge in [0.15, 0.2) is 11.6 Å². The minimum atomic E-state index is -1.35. The molecule has 348 valence electrons. The molecule has 18 atom stereocenters. The highest BCUT2D eigenvalue weighted by atomic mass is 79.9. The minimum absolute atomic E-state index is 0.0253. The fourth-order valence-electron chi connectivity index (χ4n) is 11.5. The number of rotatable bonds is 14. The molecule has 0 unspecified atom stereocenters. The number of Topliss-reactive ketones (excluding diaryl/α,β-unsaturated/α-hetero) is 1. The summed E-state index contributed by atoms with van der Waals surface area (Å²) in [6.07, 6.45) is 6.48. The summed E-state index contributed by atoms with van der Waals surface area (Å²) in [6, 6.07) is 6.46. The van der Waals surface area contributed by atoms with Crippen LogP contribution in [-0.2, 0) is 33.3 Å². The molecule has 5 aliphatic heterocycles. The summed E-state index contributed by atoms with van der Waals surface area (Å²) < 4.78 is 35.5. The van der Waals surface area contributed by atoms with Crippen LogP contribution in [0.2, 0.25) is 0 Å². The number of carboxylic acid groups (broad SMARTS) is 1. The van der Waals surface area contributed by atoms with Crippen LogP contribution in [0.1, 0.15) is 144 Å². The summed E-state index contributed by atoms with van der Waals surface area (Å²) in [6.45, 7) is 19.7. The van der Waals surface area contributed by atoms with Crippen molar-refractivity contribution >= 4 is 33.6 Å². The molecule has 2 spiro atoms. The number of carbonyl (C=O) groups excluding carboxylic acids is 2. The molecule has 12 nitrogen and oxygen atoms in total. The standard InChI is InChI=1S/C49H74BrNO11/c1-11-35(45(55)56)37-19-14-27(4)42(59-37)31(8)40(52)30(7)41(53)36(12-2)43-28(5)26-29(6)48(60-43)23-20-38(51-44(54)33-15-17-34(50)18-16-33)49(62-48)25-24-46(10,61-49)39-21-22-47(57,13-3)32(9)58-39/h15-18,20,23,27-32,35-40,42-43,52,57H,11-14,19,21-22,24-26H2,1-10H3,(H,51,54)(H,55,56)/t27-,28-,29+,30-,31-,32-,35+,36-,37+,38-,39+,40+,42+,43-,46-,47+,48-,49-/m0/s1. The maximum absolute atomic E-state index is 14.7. The van der Waals surface area contributed by atoms with E-state index < -0.39 is 89.0 Å². The van der Waals surface area contributed by atoms with Gasteiger partial charge in [0.05, 0.1) is 53.7 Å². The van der Waals surface area contributed by atoms with Gasteiger partial charge in [-0.25, -0.2) is 0 Å². The number of benzene rings is 1. The number of carbonyl (C=O) groups is 3. The third-order valence-electron chi connectivity index (χ3n) is 15.9. The highest BCUT2D eigenvalue weighted by Gasteiger charge is 2.63. The Kier molecular flexibility index (Phi) is 15.3. The topological polar surface area (TPSA) is 170 Å². The van der Waals surface area contributed by atoms with E-state index in [4.69, 9.17) is 23.7 Å². The van der Waals surface area contributed by atoms with E-state index in [0.29, 0.717) is 63.4 Å². The van der Waals surface area contributed by atoms with Crippen LogP contribution in [0, 0.1) is 41.4 Å². The molecular formula is C49H74BrNO11. The van der Waals surface area contributed by atoms with Crippen LogP contribution in [0.15, 0.2) is 40.9 Å². The maximum atomic E-state index is 14.7. The van der Waals surface area contributed by atoms with E-state index in [2.05, 4.69) is 42.0 Å². The van der Waals surface area contributed by atoms with Gasteiger partial charge in [-0.05, 0) is 114 Å². The summed E-state index contributed by atoms with van der Waals surface area (Å²) in [7, 11) is 0. The van der Waals surface area contributed by atoms with Crippen molar-refractivity contribution in [3.05, 3.63) is 46.5 Å². The zero-order valence-electron chi connectivity index (χ0n) is 38.6. The van der Waals surface area contributed by atoms with Gasteiger partial charge in [-0.3, -0.25) is 14.4 Å². The largest absolute Gasteiger partial charge is 0.481 e. The highest BCUT2D eigenvalue weighted by Crippen LogP contribution is 2.54. The number of aliphatic hydroxyl groups is 2. The lowest BCUT2D eigenvalue weighted by atomic mass is 9.72. The molecule has 1 aromatic rings. The fraction of sp³-hybridized carbons (Fsp3) is 0.776. The zero-order chi connectivity index (χ0) is 45.5. The lowest BCUT2D eigenvalue weighted by molar-refractivity contribution is -0.397. The fourth-order valence-corrected chi connectivity index (χ4v) is 11.8. The summed E-state index contributed by atoms with van der Waals surface area (Å²) in [4.78, 5) is 40.6. The van der Waals surface area contributed by atoms with Crippen molar-refractivity contribution in [1.82, 2.24) is 5.32 Å². The van der Waals surface area contributed by atoms with Gasteiger partial charge >= 0.3 is 5.97 Å². The molecule has 6 rings (SSSR count). The van der Waals surface area contributed by atoms with E-state index in [-0.39, 0.29) is 35.5 Å². The number of hydrogen-bond donors (Lipinski definition) is 4. The second-order valence-electron chi connectivity index (χ2n) is 19.9. The van der Waals surface area contributed by atoms with Crippen molar-refractivity contribution in [1.29, 1.82) is 0 Å². The molecule has 4 fully saturated rings. The van der Waals surface area contributed by atoms with Crippen LogP contribution < -0.4 is 5.32 Å². The number of amides is 1. The first-order valence-corrected chi connectivity index (χ1v) is 24.3. The van der Waals surface area contributed by atoms with Gasteiger partial charge in [0, 0.05) is 40.1 Å². The van der Waals surface area contributed by atoms with Gasteiger partial charge in [-0.1, -0.05) is 77.4 Å². The molecule has 0 saturated carbocycles. The summed E-state index contributed by atoms with van der Waals surface area (Å²) >= 11 is 3.46. The zero-order valence-corrected chi connectivity index (χ0v) is 40.2. The molecule has 0 aliphatic carbocycles. The molecule has 5 aliphatic rings. The van der Waals surface area contributed by atoms with Gasteiger partial charge in [-0.2, -0.15) is 0 Å². The summed E-state index contributed by atoms with van der Waals surface area (Å²) in [5.41, 5.74) is -1.24. The molecular weight excluding hydrogens is 858 g/mol. The average molecular weight is 933 g/mol.